The van der Waals surface area contributed by atoms with Crippen LogP contribution in [0.1, 0.15) is 33.6 Å². The van der Waals surface area contributed by atoms with E-state index in [4.69, 9.17) is 10.5 Å². The average molecular weight is 416 g/mol. The lowest BCUT2D eigenvalue weighted by molar-refractivity contribution is 0.0930. The minimum absolute atomic E-state index is 0.0892. The molecule has 0 unspecified atom stereocenters. The molecule has 7 nitrogen and oxygen atoms in total. The van der Waals surface area contributed by atoms with Crippen molar-refractivity contribution in [3.8, 4) is 11.5 Å². The summed E-state index contributed by atoms with van der Waals surface area (Å²) in [7, 11) is 0. The molecule has 3 N–H and O–H groups in total. The van der Waals surface area contributed by atoms with E-state index in [0.29, 0.717) is 22.6 Å². The third-order valence-corrected chi connectivity index (χ3v) is 5.29. The number of primary amides is 1. The van der Waals surface area contributed by atoms with Crippen molar-refractivity contribution >= 4 is 17.6 Å². The summed E-state index contributed by atoms with van der Waals surface area (Å²) in [5, 5.41) is 3.12. The molecular weight excluding hydrogens is 392 g/mol. The fourth-order valence-electron chi connectivity index (χ4n) is 3.56. The Bertz CT molecular complexity index is 1030. The topological polar surface area (TPSA) is 97.6 Å². The third-order valence-electron chi connectivity index (χ3n) is 5.29. The molecular formula is C24H24N4O3. The zero-order chi connectivity index (χ0) is 21.6. The Morgan fingerprint density at radius 3 is 2.06 bits per heavy atom. The van der Waals surface area contributed by atoms with Gasteiger partial charge in [-0.3, -0.25) is 9.59 Å². The van der Waals surface area contributed by atoms with Crippen molar-refractivity contribution in [2.45, 2.75) is 18.9 Å². The van der Waals surface area contributed by atoms with Gasteiger partial charge in [0.25, 0.3) is 5.91 Å². The lowest BCUT2D eigenvalue weighted by Gasteiger charge is -2.33. The first-order chi connectivity index (χ1) is 15.1. The highest BCUT2D eigenvalue weighted by Gasteiger charge is 2.21. The van der Waals surface area contributed by atoms with Crippen molar-refractivity contribution in [2.24, 2.45) is 5.73 Å². The second kappa shape index (κ2) is 9.30. The quantitative estimate of drug-likeness (QED) is 0.642. The van der Waals surface area contributed by atoms with Crippen molar-refractivity contribution in [1.82, 2.24) is 10.3 Å². The van der Waals surface area contributed by atoms with Gasteiger partial charge < -0.3 is 20.7 Å². The van der Waals surface area contributed by atoms with Crippen molar-refractivity contribution in [3.05, 3.63) is 84.1 Å². The van der Waals surface area contributed by atoms with Crippen LogP contribution in [0.15, 0.2) is 72.9 Å². The maximum absolute atomic E-state index is 12.6. The second-order valence-electron chi connectivity index (χ2n) is 7.44. The minimum atomic E-state index is -0.482. The zero-order valence-corrected chi connectivity index (χ0v) is 17.0. The number of amides is 2. The first-order valence-electron chi connectivity index (χ1n) is 10.2. The van der Waals surface area contributed by atoms with E-state index in [1.54, 1.807) is 54.7 Å². The number of ether oxygens (including phenoxy) is 1. The molecule has 0 atom stereocenters. The molecule has 0 bridgehead atoms. The van der Waals surface area contributed by atoms with Crippen LogP contribution in [0.5, 0.6) is 11.5 Å². The number of piperidine rings is 1. The summed E-state index contributed by atoms with van der Waals surface area (Å²) in [6.07, 6.45) is 3.56. The summed E-state index contributed by atoms with van der Waals surface area (Å²) >= 11 is 0. The summed E-state index contributed by atoms with van der Waals surface area (Å²) in [5.74, 6) is 1.60. The van der Waals surface area contributed by atoms with E-state index in [9.17, 15) is 9.59 Å². The molecule has 7 heteroatoms. The van der Waals surface area contributed by atoms with Crippen LogP contribution in [-0.4, -0.2) is 35.9 Å². The Balaban J connectivity index is 1.29. The fourth-order valence-corrected chi connectivity index (χ4v) is 3.56. The second-order valence-corrected chi connectivity index (χ2v) is 7.44. The monoisotopic (exact) mass is 416 g/mol. The standard InChI is InChI=1S/C24H24N4O3/c25-23(29)17-4-8-20(9-5-17)31-21-10-6-18(7-11-21)24(30)27-19-12-15-28(16-13-19)22-3-1-2-14-26-22/h1-11,14,19H,12-13,15-16H2,(H2,25,29)(H,27,30). The van der Waals surface area contributed by atoms with Crippen molar-refractivity contribution in [3.63, 3.8) is 0 Å². The van der Waals surface area contributed by atoms with Crippen molar-refractivity contribution < 1.29 is 14.3 Å². The molecule has 2 heterocycles. The number of rotatable bonds is 6. The molecule has 4 rings (SSSR count). The van der Waals surface area contributed by atoms with Gasteiger partial charge in [0.1, 0.15) is 17.3 Å². The molecule has 2 aromatic carbocycles. The van der Waals surface area contributed by atoms with E-state index in [1.165, 1.54) is 0 Å². The summed E-state index contributed by atoms with van der Waals surface area (Å²) < 4.78 is 5.76. The molecule has 31 heavy (non-hydrogen) atoms. The first kappa shape index (κ1) is 20.4. The minimum Gasteiger partial charge on any atom is -0.457 e. The van der Waals surface area contributed by atoms with Crippen LogP contribution < -0.4 is 20.7 Å². The van der Waals surface area contributed by atoms with Gasteiger partial charge in [-0.2, -0.15) is 0 Å². The van der Waals surface area contributed by atoms with Crippen LogP contribution in [-0.2, 0) is 0 Å². The molecule has 1 aliphatic heterocycles. The van der Waals surface area contributed by atoms with E-state index in [0.717, 1.165) is 31.7 Å². The molecule has 1 aromatic heterocycles. The number of pyridine rings is 1. The molecule has 3 aromatic rings. The zero-order valence-electron chi connectivity index (χ0n) is 17.0. The predicted octanol–water partition coefficient (Wildman–Crippen LogP) is 3.37. The number of anilines is 1. The molecule has 1 fully saturated rings. The van der Waals surface area contributed by atoms with Crippen LogP contribution in [0.25, 0.3) is 0 Å². The van der Waals surface area contributed by atoms with Gasteiger partial charge in [0.2, 0.25) is 5.91 Å². The van der Waals surface area contributed by atoms with Gasteiger partial charge in [-0.25, -0.2) is 4.98 Å². The van der Waals surface area contributed by atoms with Crippen molar-refractivity contribution in [2.75, 3.05) is 18.0 Å². The summed E-state index contributed by atoms with van der Waals surface area (Å²) in [4.78, 5) is 30.4. The maximum Gasteiger partial charge on any atom is 0.251 e. The van der Waals surface area contributed by atoms with Gasteiger partial charge in [-0.15, -0.1) is 0 Å². The molecule has 0 saturated carbocycles. The third kappa shape index (κ3) is 5.19. The Morgan fingerprint density at radius 1 is 0.903 bits per heavy atom. The lowest BCUT2D eigenvalue weighted by Crippen LogP contribution is -2.44. The summed E-state index contributed by atoms with van der Waals surface area (Å²) in [6, 6.07) is 19.6. The van der Waals surface area contributed by atoms with Crippen LogP contribution in [0.2, 0.25) is 0 Å². The predicted molar refractivity (Wildman–Crippen MR) is 118 cm³/mol. The highest BCUT2D eigenvalue weighted by molar-refractivity contribution is 5.94. The van der Waals surface area contributed by atoms with Gasteiger partial charge in [-0.1, -0.05) is 6.07 Å². The maximum atomic E-state index is 12.6. The first-order valence-corrected chi connectivity index (χ1v) is 10.2. The number of carbonyl (C=O) groups is 2. The van der Waals surface area contributed by atoms with Gasteiger partial charge in [-0.05, 0) is 73.5 Å². The van der Waals surface area contributed by atoms with Gasteiger partial charge in [0.05, 0.1) is 0 Å². The van der Waals surface area contributed by atoms with Crippen LogP contribution in [0.3, 0.4) is 0 Å². The lowest BCUT2D eigenvalue weighted by atomic mass is 10.0. The van der Waals surface area contributed by atoms with E-state index in [2.05, 4.69) is 15.2 Å². The van der Waals surface area contributed by atoms with Crippen molar-refractivity contribution in [1.29, 1.82) is 0 Å². The fraction of sp³-hybridized carbons (Fsp3) is 0.208. The number of hydrogen-bond acceptors (Lipinski definition) is 5. The molecule has 158 valence electrons. The van der Waals surface area contributed by atoms with Gasteiger partial charge >= 0.3 is 0 Å². The van der Waals surface area contributed by atoms with Crippen LogP contribution >= 0.6 is 0 Å². The van der Waals surface area contributed by atoms with E-state index in [1.807, 2.05) is 18.2 Å². The number of benzene rings is 2. The molecule has 0 spiro atoms. The molecule has 0 aliphatic carbocycles. The molecule has 1 aliphatic rings. The SMILES string of the molecule is NC(=O)c1ccc(Oc2ccc(C(=O)NC3CCN(c4ccccn4)CC3)cc2)cc1. The van der Waals surface area contributed by atoms with Gasteiger partial charge in [0.15, 0.2) is 0 Å². The number of nitrogens with two attached hydrogens (primary N) is 1. The molecule has 2 amide bonds. The molecule has 1 saturated heterocycles. The number of nitrogens with zero attached hydrogens (tertiary/aromatic N) is 2. The number of aromatic nitrogens is 1. The average Bonchev–Trinajstić information content (AvgIpc) is 2.81. The summed E-state index contributed by atoms with van der Waals surface area (Å²) in [5.41, 5.74) is 6.25. The number of hydrogen-bond donors (Lipinski definition) is 2. The normalized spacial score (nSPS) is 14.1. The number of nitrogens with one attached hydrogen (secondary N) is 1. The smallest absolute Gasteiger partial charge is 0.251 e. The van der Waals surface area contributed by atoms with Crippen LogP contribution in [0, 0.1) is 0 Å². The largest absolute Gasteiger partial charge is 0.457 e. The molecule has 0 radical (unpaired) electrons. The summed E-state index contributed by atoms with van der Waals surface area (Å²) in [6.45, 7) is 1.73. The Labute approximate surface area is 180 Å². The Morgan fingerprint density at radius 2 is 1.52 bits per heavy atom. The highest BCUT2D eigenvalue weighted by Crippen LogP contribution is 2.22. The Kier molecular flexibility index (Phi) is 6.12. The van der Waals surface area contributed by atoms with Crippen LogP contribution in [0.4, 0.5) is 5.82 Å². The Hall–Kier alpha value is -3.87. The van der Waals surface area contributed by atoms with Gasteiger partial charge in [0, 0.05) is 36.5 Å². The van der Waals surface area contributed by atoms with E-state index in [-0.39, 0.29) is 11.9 Å². The highest BCUT2D eigenvalue weighted by atomic mass is 16.5. The number of carbonyl (C=O) groups excluding carboxylic acids is 2. The van der Waals surface area contributed by atoms with E-state index < -0.39 is 5.91 Å². The van der Waals surface area contributed by atoms with E-state index >= 15 is 0 Å².